The van der Waals surface area contributed by atoms with Crippen LogP contribution in [0.2, 0.25) is 0 Å². The summed E-state index contributed by atoms with van der Waals surface area (Å²) in [6.07, 6.45) is -3.34. The molecule has 2 heterocycles. The van der Waals surface area contributed by atoms with Gasteiger partial charge in [0, 0.05) is 31.9 Å². The summed E-state index contributed by atoms with van der Waals surface area (Å²) in [7, 11) is 0. The van der Waals surface area contributed by atoms with Crippen molar-refractivity contribution < 1.29 is 22.7 Å². The fourth-order valence-electron chi connectivity index (χ4n) is 2.72. The molecule has 0 radical (unpaired) electrons. The molecule has 1 atom stereocenters. The molecule has 1 aromatic rings. The first-order valence-electron chi connectivity index (χ1n) is 7.96. The van der Waals surface area contributed by atoms with Crippen LogP contribution in [0.3, 0.4) is 0 Å². The van der Waals surface area contributed by atoms with Gasteiger partial charge in [0.15, 0.2) is 5.69 Å². The lowest BCUT2D eigenvalue weighted by atomic mass is 10.0. The summed E-state index contributed by atoms with van der Waals surface area (Å²) < 4.78 is 43.8. The third-order valence-electron chi connectivity index (χ3n) is 4.03. The van der Waals surface area contributed by atoms with Gasteiger partial charge in [-0.25, -0.2) is 0 Å². The number of halogens is 3. The molecule has 9 heteroatoms. The molecule has 1 saturated heterocycles. The zero-order valence-electron chi connectivity index (χ0n) is 13.8. The van der Waals surface area contributed by atoms with Crippen LogP contribution >= 0.6 is 0 Å². The molecular formula is C15H23F3N4O2. The molecule has 0 aromatic carbocycles. The minimum atomic E-state index is -4.50. The molecule has 1 aliphatic rings. The normalized spacial score (nSPS) is 17.9. The molecule has 0 spiro atoms. The van der Waals surface area contributed by atoms with Crippen LogP contribution in [0.1, 0.15) is 19.5 Å². The summed E-state index contributed by atoms with van der Waals surface area (Å²) in [6.45, 7) is 7.34. The van der Waals surface area contributed by atoms with Crippen LogP contribution in [0.5, 0.6) is 0 Å². The summed E-state index contributed by atoms with van der Waals surface area (Å²) in [5.41, 5.74) is -0.997. The van der Waals surface area contributed by atoms with Crippen molar-refractivity contribution in [3.05, 3.63) is 18.0 Å². The van der Waals surface area contributed by atoms with Gasteiger partial charge in [-0.2, -0.15) is 18.3 Å². The van der Waals surface area contributed by atoms with E-state index < -0.39 is 11.9 Å². The van der Waals surface area contributed by atoms with E-state index in [9.17, 15) is 18.0 Å². The van der Waals surface area contributed by atoms with Crippen molar-refractivity contribution in [1.29, 1.82) is 0 Å². The van der Waals surface area contributed by atoms with Crippen molar-refractivity contribution >= 4 is 5.91 Å². The SMILES string of the molecule is CC(C)[C@@H](CNC(=O)Cn1ccc(C(F)(F)F)n1)N1CCOCC1. The molecule has 1 aliphatic heterocycles. The molecule has 0 saturated carbocycles. The standard InChI is InChI=1S/C15H23F3N4O2/c1-11(2)12(21-5-7-24-8-6-21)9-19-14(23)10-22-4-3-13(20-22)15(16,17)18/h3-4,11-12H,5-10H2,1-2H3,(H,19,23)/t12-/m1/s1. The largest absolute Gasteiger partial charge is 0.435 e. The van der Waals surface area contributed by atoms with E-state index in [2.05, 4.69) is 29.2 Å². The van der Waals surface area contributed by atoms with Crippen LogP contribution in [0, 0.1) is 5.92 Å². The molecule has 1 amide bonds. The Labute approximate surface area is 138 Å². The molecule has 0 unspecified atom stereocenters. The second kappa shape index (κ2) is 7.98. The highest BCUT2D eigenvalue weighted by molar-refractivity contribution is 5.75. The Morgan fingerprint density at radius 1 is 1.38 bits per heavy atom. The van der Waals surface area contributed by atoms with E-state index in [1.54, 1.807) is 0 Å². The molecule has 2 rings (SSSR count). The molecule has 1 fully saturated rings. The fourth-order valence-corrected chi connectivity index (χ4v) is 2.72. The third-order valence-corrected chi connectivity index (χ3v) is 4.03. The topological polar surface area (TPSA) is 59.4 Å². The number of morpholine rings is 1. The number of rotatable bonds is 6. The maximum Gasteiger partial charge on any atom is 0.435 e. The highest BCUT2D eigenvalue weighted by Crippen LogP contribution is 2.27. The second-order valence-corrected chi connectivity index (χ2v) is 6.16. The molecule has 136 valence electrons. The minimum absolute atomic E-state index is 0.168. The van der Waals surface area contributed by atoms with Crippen LogP contribution in [-0.4, -0.2) is 59.5 Å². The van der Waals surface area contributed by atoms with Crippen LogP contribution in [0.25, 0.3) is 0 Å². The van der Waals surface area contributed by atoms with Crippen molar-refractivity contribution in [3.63, 3.8) is 0 Å². The maximum absolute atomic E-state index is 12.5. The smallest absolute Gasteiger partial charge is 0.379 e. The number of ether oxygens (including phenoxy) is 1. The Bertz CT molecular complexity index is 539. The van der Waals surface area contributed by atoms with Gasteiger partial charge in [-0.3, -0.25) is 14.4 Å². The summed E-state index contributed by atoms with van der Waals surface area (Å²) in [4.78, 5) is 14.3. The Balaban J connectivity index is 1.85. The predicted octanol–water partition coefficient (Wildman–Crippen LogP) is 1.37. The Morgan fingerprint density at radius 2 is 2.04 bits per heavy atom. The lowest BCUT2D eigenvalue weighted by molar-refractivity contribution is -0.141. The summed E-state index contributed by atoms with van der Waals surface area (Å²) in [6, 6.07) is 1.03. The third kappa shape index (κ3) is 5.20. The molecule has 0 bridgehead atoms. The fraction of sp³-hybridized carbons (Fsp3) is 0.733. The molecule has 1 aromatic heterocycles. The maximum atomic E-state index is 12.5. The van der Waals surface area contributed by atoms with Gasteiger partial charge in [0.05, 0.1) is 13.2 Å². The van der Waals surface area contributed by atoms with Gasteiger partial charge in [-0.1, -0.05) is 13.8 Å². The van der Waals surface area contributed by atoms with Gasteiger partial charge >= 0.3 is 6.18 Å². The number of hydrogen-bond acceptors (Lipinski definition) is 4. The van der Waals surface area contributed by atoms with Crippen molar-refractivity contribution in [2.24, 2.45) is 5.92 Å². The quantitative estimate of drug-likeness (QED) is 0.844. The highest BCUT2D eigenvalue weighted by Gasteiger charge is 2.33. The van der Waals surface area contributed by atoms with E-state index in [1.165, 1.54) is 0 Å². The van der Waals surface area contributed by atoms with E-state index in [0.717, 1.165) is 30.0 Å². The van der Waals surface area contributed by atoms with Gasteiger partial charge in [0.2, 0.25) is 5.91 Å². The van der Waals surface area contributed by atoms with E-state index in [0.29, 0.717) is 25.7 Å². The first-order chi connectivity index (χ1) is 11.3. The number of alkyl halides is 3. The van der Waals surface area contributed by atoms with Crippen molar-refractivity contribution in [2.45, 2.75) is 32.6 Å². The van der Waals surface area contributed by atoms with E-state index >= 15 is 0 Å². The van der Waals surface area contributed by atoms with Gasteiger partial charge in [-0.15, -0.1) is 0 Å². The molecule has 24 heavy (non-hydrogen) atoms. The Kier molecular flexibility index (Phi) is 6.22. The van der Waals surface area contributed by atoms with E-state index in [4.69, 9.17) is 4.74 Å². The summed E-state index contributed by atoms with van der Waals surface area (Å²) in [5, 5.41) is 6.17. The molecule has 0 aliphatic carbocycles. The second-order valence-electron chi connectivity index (χ2n) is 6.16. The lowest BCUT2D eigenvalue weighted by Gasteiger charge is -2.36. The van der Waals surface area contributed by atoms with Crippen molar-refractivity contribution in [2.75, 3.05) is 32.8 Å². The van der Waals surface area contributed by atoms with Crippen LogP contribution in [-0.2, 0) is 22.3 Å². The monoisotopic (exact) mass is 348 g/mol. The summed E-state index contributed by atoms with van der Waals surface area (Å²) in [5.74, 6) is -0.0179. The number of aromatic nitrogens is 2. The van der Waals surface area contributed by atoms with Crippen molar-refractivity contribution in [3.8, 4) is 0 Å². The minimum Gasteiger partial charge on any atom is -0.379 e. The first kappa shape index (κ1) is 18.7. The van der Waals surface area contributed by atoms with E-state index in [1.807, 2.05) is 0 Å². The average Bonchev–Trinajstić information content (AvgIpc) is 2.97. The number of nitrogens with one attached hydrogen (secondary N) is 1. The number of amides is 1. The zero-order chi connectivity index (χ0) is 17.7. The highest BCUT2D eigenvalue weighted by atomic mass is 19.4. The predicted molar refractivity (Wildman–Crippen MR) is 81.3 cm³/mol. The number of carbonyl (C=O) groups excluding carboxylic acids is 1. The molecular weight excluding hydrogens is 325 g/mol. The Hall–Kier alpha value is -1.61. The van der Waals surface area contributed by atoms with Gasteiger partial charge < -0.3 is 10.1 Å². The van der Waals surface area contributed by atoms with Crippen molar-refractivity contribution in [1.82, 2.24) is 20.0 Å². The van der Waals surface area contributed by atoms with Gasteiger partial charge in [0.25, 0.3) is 0 Å². The molecule has 1 N–H and O–H groups in total. The molecule has 6 nitrogen and oxygen atoms in total. The van der Waals surface area contributed by atoms with Crippen LogP contribution in [0.15, 0.2) is 12.3 Å². The van der Waals surface area contributed by atoms with E-state index in [-0.39, 0.29) is 18.5 Å². The zero-order valence-corrected chi connectivity index (χ0v) is 13.8. The lowest BCUT2D eigenvalue weighted by Crippen LogP contribution is -2.51. The first-order valence-corrected chi connectivity index (χ1v) is 7.96. The average molecular weight is 348 g/mol. The van der Waals surface area contributed by atoms with Crippen LogP contribution < -0.4 is 5.32 Å². The van der Waals surface area contributed by atoms with Crippen LogP contribution in [0.4, 0.5) is 13.2 Å². The van der Waals surface area contributed by atoms with Gasteiger partial charge in [-0.05, 0) is 12.0 Å². The number of nitrogens with zero attached hydrogens (tertiary/aromatic N) is 3. The Morgan fingerprint density at radius 3 is 2.58 bits per heavy atom. The van der Waals surface area contributed by atoms with Gasteiger partial charge in [0.1, 0.15) is 6.54 Å². The number of hydrogen-bond donors (Lipinski definition) is 1. The number of carbonyl (C=O) groups is 1. The summed E-state index contributed by atoms with van der Waals surface area (Å²) >= 11 is 0.